The van der Waals surface area contributed by atoms with Crippen LogP contribution in [0.15, 0.2) is 30.5 Å². The summed E-state index contributed by atoms with van der Waals surface area (Å²) in [6.07, 6.45) is -1.43. The minimum absolute atomic E-state index is 0.0177. The topological polar surface area (TPSA) is 70.9 Å². The number of hydrogen-bond acceptors (Lipinski definition) is 2. The van der Waals surface area contributed by atoms with Crippen molar-refractivity contribution in [2.24, 2.45) is 0 Å². The van der Waals surface area contributed by atoms with Crippen molar-refractivity contribution in [1.29, 1.82) is 0 Å². The lowest BCUT2D eigenvalue weighted by Crippen LogP contribution is -2.18. The molecule has 2 N–H and O–H groups in total. The third-order valence-electron chi connectivity index (χ3n) is 5.11. The lowest BCUT2D eigenvalue weighted by molar-refractivity contribution is -0.142. The Morgan fingerprint density at radius 1 is 1.20 bits per heavy atom. The number of fused-ring (bicyclic) bond motifs is 2. The lowest BCUT2D eigenvalue weighted by atomic mass is 9.98. The van der Waals surface area contributed by atoms with Crippen molar-refractivity contribution in [1.82, 2.24) is 14.8 Å². The van der Waals surface area contributed by atoms with E-state index in [-0.39, 0.29) is 33.6 Å². The van der Waals surface area contributed by atoms with Gasteiger partial charge in [0.2, 0.25) is 6.17 Å². The highest BCUT2D eigenvalue weighted by Gasteiger charge is 2.29. The van der Waals surface area contributed by atoms with Crippen LogP contribution in [0.5, 0.6) is 0 Å². The van der Waals surface area contributed by atoms with Crippen LogP contribution in [0.4, 0.5) is 17.6 Å². The fourth-order valence-electron chi connectivity index (χ4n) is 3.88. The van der Waals surface area contributed by atoms with Crippen LogP contribution in [0.3, 0.4) is 0 Å². The van der Waals surface area contributed by atoms with Gasteiger partial charge in [0.05, 0.1) is 11.7 Å². The highest BCUT2D eigenvalue weighted by atomic mass is 19.2. The number of halogens is 4. The molecule has 2 heterocycles. The Balaban J connectivity index is 2.15. The van der Waals surface area contributed by atoms with Gasteiger partial charge in [-0.2, -0.15) is 5.10 Å². The Morgan fingerprint density at radius 2 is 1.93 bits per heavy atom. The number of carbonyl (C=O) groups is 1. The van der Waals surface area contributed by atoms with Crippen molar-refractivity contribution in [3.8, 4) is 5.69 Å². The zero-order chi connectivity index (χ0) is 21.7. The Hall–Kier alpha value is -3.36. The first kappa shape index (κ1) is 19.9. The summed E-state index contributed by atoms with van der Waals surface area (Å²) < 4.78 is 58.7. The Bertz CT molecular complexity index is 1290. The first-order valence-electron chi connectivity index (χ1n) is 9.21. The molecule has 0 saturated carbocycles. The summed E-state index contributed by atoms with van der Waals surface area (Å²) >= 11 is 0. The van der Waals surface area contributed by atoms with Crippen LogP contribution in [0.25, 0.3) is 27.5 Å². The number of aromatic amines is 1. The molecule has 0 amide bonds. The number of alkyl halides is 1. The molecule has 0 unspecified atom stereocenters. The highest BCUT2D eigenvalue weighted by Crippen LogP contribution is 2.39. The minimum atomic E-state index is -2.26. The number of H-pyrrole nitrogens is 1. The van der Waals surface area contributed by atoms with Crippen LogP contribution < -0.4 is 0 Å². The van der Waals surface area contributed by atoms with E-state index in [9.17, 15) is 18.0 Å². The van der Waals surface area contributed by atoms with E-state index in [2.05, 4.69) is 10.2 Å². The molecule has 0 radical (unpaired) electrons. The predicted octanol–water partition coefficient (Wildman–Crippen LogP) is 5.01. The number of hydrogen-bond donors (Lipinski definition) is 2. The molecule has 2 aromatic heterocycles. The van der Waals surface area contributed by atoms with E-state index < -0.39 is 36.0 Å². The largest absolute Gasteiger partial charge is 0.479 e. The molecule has 1 atom stereocenters. The van der Waals surface area contributed by atoms with E-state index in [1.54, 1.807) is 19.9 Å². The average molecular weight is 419 g/mol. The molecule has 0 spiro atoms. The number of nitrogens with zero attached hydrogens (tertiary/aromatic N) is 2. The summed E-state index contributed by atoms with van der Waals surface area (Å²) in [6, 6.07) is 4.84. The van der Waals surface area contributed by atoms with Crippen LogP contribution in [0.2, 0.25) is 0 Å². The molecular formula is C21H17F4N3O2. The van der Waals surface area contributed by atoms with Gasteiger partial charge in [-0.05, 0) is 29.7 Å². The molecule has 0 aliphatic rings. The second-order valence-corrected chi connectivity index (χ2v) is 7.38. The number of carboxylic acid groups (broad SMARTS) is 1. The normalized spacial score (nSPS) is 12.9. The lowest BCUT2D eigenvalue weighted by Gasteiger charge is -2.16. The number of carboxylic acids is 1. The van der Waals surface area contributed by atoms with E-state index in [4.69, 9.17) is 5.11 Å². The SMILES string of the molecule is CC(C)c1c(C[C@H](F)C(=O)O)c2c(F)c3[nH]ncc3cc2n1-c1ccc(F)c(F)c1. The number of aromatic nitrogens is 3. The fourth-order valence-corrected chi connectivity index (χ4v) is 3.88. The van der Waals surface area contributed by atoms with Gasteiger partial charge in [0.25, 0.3) is 0 Å². The quantitative estimate of drug-likeness (QED) is 0.447. The first-order chi connectivity index (χ1) is 14.2. The van der Waals surface area contributed by atoms with Crippen molar-refractivity contribution < 1.29 is 27.5 Å². The summed E-state index contributed by atoms with van der Waals surface area (Å²) in [5.41, 5.74) is 1.16. The molecule has 0 aliphatic heterocycles. The van der Waals surface area contributed by atoms with Gasteiger partial charge in [-0.25, -0.2) is 22.4 Å². The first-order valence-corrected chi connectivity index (χ1v) is 9.21. The van der Waals surface area contributed by atoms with Crippen LogP contribution in [0.1, 0.15) is 31.0 Å². The average Bonchev–Trinajstić information content (AvgIpc) is 3.27. The molecule has 0 aliphatic carbocycles. The summed E-state index contributed by atoms with van der Waals surface area (Å²) in [6.45, 7) is 3.54. The Labute approximate surface area is 167 Å². The molecule has 2 aromatic carbocycles. The smallest absolute Gasteiger partial charge is 0.338 e. The van der Waals surface area contributed by atoms with Crippen LogP contribution in [0, 0.1) is 17.5 Å². The van der Waals surface area contributed by atoms with Gasteiger partial charge in [0.1, 0.15) is 5.52 Å². The minimum Gasteiger partial charge on any atom is -0.479 e. The Kier molecular flexibility index (Phi) is 4.76. The van der Waals surface area contributed by atoms with Crippen LogP contribution in [-0.2, 0) is 11.2 Å². The van der Waals surface area contributed by atoms with E-state index in [0.717, 1.165) is 12.1 Å². The molecule has 0 saturated heterocycles. The highest BCUT2D eigenvalue weighted by molar-refractivity contribution is 5.99. The van der Waals surface area contributed by atoms with Crippen molar-refractivity contribution in [3.63, 3.8) is 0 Å². The maximum Gasteiger partial charge on any atom is 0.338 e. The number of benzene rings is 2. The molecule has 0 bridgehead atoms. The van der Waals surface area contributed by atoms with Gasteiger partial charge < -0.3 is 9.67 Å². The Morgan fingerprint density at radius 3 is 2.57 bits per heavy atom. The second kappa shape index (κ2) is 7.16. The van der Waals surface area contributed by atoms with Crippen molar-refractivity contribution in [3.05, 3.63) is 59.2 Å². The number of aliphatic carboxylic acids is 1. The molecule has 4 aromatic rings. The van der Waals surface area contributed by atoms with Crippen LogP contribution in [-0.4, -0.2) is 32.0 Å². The summed E-state index contributed by atoms with van der Waals surface area (Å²) in [5, 5.41) is 15.9. The van der Waals surface area contributed by atoms with Crippen molar-refractivity contribution in [2.75, 3.05) is 0 Å². The summed E-state index contributed by atoms with van der Waals surface area (Å²) in [5.74, 6) is -4.82. The second-order valence-electron chi connectivity index (χ2n) is 7.38. The molecule has 9 heteroatoms. The fraction of sp³-hybridized carbons (Fsp3) is 0.238. The molecule has 30 heavy (non-hydrogen) atoms. The van der Waals surface area contributed by atoms with Gasteiger partial charge in [-0.15, -0.1) is 0 Å². The monoisotopic (exact) mass is 419 g/mol. The zero-order valence-corrected chi connectivity index (χ0v) is 16.0. The molecule has 4 rings (SSSR count). The van der Waals surface area contributed by atoms with Gasteiger partial charge in [0, 0.05) is 34.6 Å². The molecule has 0 fully saturated rings. The summed E-state index contributed by atoms with van der Waals surface area (Å²) in [4.78, 5) is 11.2. The van der Waals surface area contributed by atoms with Gasteiger partial charge in [0.15, 0.2) is 17.5 Å². The van der Waals surface area contributed by atoms with Gasteiger partial charge >= 0.3 is 5.97 Å². The van der Waals surface area contributed by atoms with Gasteiger partial charge in [-0.3, -0.25) is 5.10 Å². The van der Waals surface area contributed by atoms with E-state index in [1.165, 1.54) is 16.8 Å². The zero-order valence-electron chi connectivity index (χ0n) is 16.0. The number of nitrogens with one attached hydrogen (secondary N) is 1. The van der Waals surface area contributed by atoms with Gasteiger partial charge in [-0.1, -0.05) is 13.8 Å². The van der Waals surface area contributed by atoms with E-state index >= 15 is 4.39 Å². The number of rotatable bonds is 5. The third kappa shape index (κ3) is 3.01. The van der Waals surface area contributed by atoms with Crippen LogP contribution >= 0.6 is 0 Å². The molecule has 156 valence electrons. The predicted molar refractivity (Wildman–Crippen MR) is 103 cm³/mol. The third-order valence-corrected chi connectivity index (χ3v) is 5.11. The van der Waals surface area contributed by atoms with Crippen molar-refractivity contribution in [2.45, 2.75) is 32.4 Å². The maximum absolute atomic E-state index is 15.4. The van der Waals surface area contributed by atoms with Crippen molar-refractivity contribution >= 4 is 27.8 Å². The molecular weight excluding hydrogens is 402 g/mol. The van der Waals surface area contributed by atoms with E-state index in [1.807, 2.05) is 0 Å². The van der Waals surface area contributed by atoms with E-state index in [0.29, 0.717) is 11.1 Å². The summed E-state index contributed by atoms with van der Waals surface area (Å²) in [7, 11) is 0. The molecule has 5 nitrogen and oxygen atoms in total. The standard InChI is InChI=1S/C21H17F4N3O2/c1-9(2)20-12(7-15(24)21(29)30)17-16(5-10-8-26-27-19(10)18(17)25)28(20)11-3-4-13(22)14(23)6-11/h3-6,8-9,15H,7H2,1-2H3,(H,26,27)(H,29,30)/t15-/m0/s1. The maximum atomic E-state index is 15.4.